The predicted octanol–water partition coefficient (Wildman–Crippen LogP) is 3.37. The molecule has 0 N–H and O–H groups in total. The summed E-state index contributed by atoms with van der Waals surface area (Å²) in [7, 11) is -3.41. The van der Waals surface area contributed by atoms with Gasteiger partial charge in [0.1, 0.15) is 0 Å². The van der Waals surface area contributed by atoms with Crippen molar-refractivity contribution in [2.24, 2.45) is 4.99 Å². The van der Waals surface area contributed by atoms with Gasteiger partial charge in [0.25, 0.3) is 0 Å². The van der Waals surface area contributed by atoms with Gasteiger partial charge in [-0.1, -0.05) is 13.3 Å². The van der Waals surface area contributed by atoms with Crippen molar-refractivity contribution in [2.45, 2.75) is 43.5 Å². The minimum atomic E-state index is -3.41. The minimum absolute atomic E-state index is 0.118. The van der Waals surface area contributed by atoms with Crippen LogP contribution in [0.3, 0.4) is 0 Å². The molecule has 20 heavy (non-hydrogen) atoms. The SMILES string of the molecule is CCC1CCCCN1S(=O)(=O)c1ccc(N=C=S)cc1. The van der Waals surface area contributed by atoms with Crippen molar-refractivity contribution in [2.75, 3.05) is 6.54 Å². The summed E-state index contributed by atoms with van der Waals surface area (Å²) in [5.41, 5.74) is 0.615. The molecule has 0 saturated carbocycles. The Kier molecular flexibility index (Phi) is 5.05. The Balaban J connectivity index is 2.31. The number of nitrogens with zero attached hydrogens (tertiary/aromatic N) is 2. The lowest BCUT2D eigenvalue weighted by Crippen LogP contribution is -2.43. The molecule has 1 aliphatic heterocycles. The second-order valence-electron chi connectivity index (χ2n) is 4.87. The van der Waals surface area contributed by atoms with E-state index in [-0.39, 0.29) is 6.04 Å². The highest BCUT2D eigenvalue weighted by atomic mass is 32.2. The molecule has 0 aromatic heterocycles. The van der Waals surface area contributed by atoms with Crippen LogP contribution in [0.2, 0.25) is 0 Å². The number of piperidine rings is 1. The van der Waals surface area contributed by atoms with E-state index >= 15 is 0 Å². The van der Waals surface area contributed by atoms with Gasteiger partial charge in [-0.15, -0.1) is 0 Å². The molecule has 1 aromatic rings. The number of hydrogen-bond donors (Lipinski definition) is 0. The van der Waals surface area contributed by atoms with Crippen molar-refractivity contribution in [1.82, 2.24) is 4.31 Å². The molecule has 1 aliphatic rings. The van der Waals surface area contributed by atoms with Crippen molar-refractivity contribution < 1.29 is 8.42 Å². The fraction of sp³-hybridized carbons (Fsp3) is 0.500. The van der Waals surface area contributed by atoms with Crippen LogP contribution in [0, 0.1) is 0 Å². The summed E-state index contributed by atoms with van der Waals surface area (Å²) in [6.45, 7) is 2.65. The Hall–Kier alpha value is -1.07. The zero-order valence-corrected chi connectivity index (χ0v) is 13.1. The van der Waals surface area contributed by atoms with E-state index in [0.717, 1.165) is 25.7 Å². The highest BCUT2D eigenvalue weighted by molar-refractivity contribution is 7.89. The lowest BCUT2D eigenvalue weighted by Gasteiger charge is -2.34. The van der Waals surface area contributed by atoms with Crippen LogP contribution < -0.4 is 0 Å². The molecule has 4 nitrogen and oxygen atoms in total. The monoisotopic (exact) mass is 310 g/mol. The van der Waals surface area contributed by atoms with E-state index in [1.807, 2.05) is 6.92 Å². The standard InChI is InChI=1S/C14H18N2O2S2/c1-2-13-5-3-4-10-16(13)20(17,18)14-8-6-12(7-9-14)15-11-19/h6-9,13H,2-5,10H2,1H3. The molecule has 108 valence electrons. The Morgan fingerprint density at radius 3 is 2.65 bits per heavy atom. The highest BCUT2D eigenvalue weighted by Crippen LogP contribution is 2.27. The number of thiocarbonyl (C=S) groups is 1. The maximum atomic E-state index is 12.7. The smallest absolute Gasteiger partial charge is 0.207 e. The van der Waals surface area contributed by atoms with E-state index < -0.39 is 10.0 Å². The van der Waals surface area contributed by atoms with Crippen LogP contribution in [0.25, 0.3) is 0 Å². The summed E-state index contributed by atoms with van der Waals surface area (Å²) in [6, 6.07) is 6.59. The van der Waals surface area contributed by atoms with Crippen LogP contribution in [0.5, 0.6) is 0 Å². The second-order valence-corrected chi connectivity index (χ2v) is 6.94. The average Bonchev–Trinajstić information content (AvgIpc) is 2.48. The molecule has 1 heterocycles. The van der Waals surface area contributed by atoms with Crippen LogP contribution >= 0.6 is 12.2 Å². The van der Waals surface area contributed by atoms with Gasteiger partial charge in [0.2, 0.25) is 10.0 Å². The molecule has 1 aromatic carbocycles. The number of isothiocyanates is 1. The van der Waals surface area contributed by atoms with Gasteiger partial charge in [-0.05, 0) is 55.7 Å². The molecule has 1 fully saturated rings. The van der Waals surface area contributed by atoms with Gasteiger partial charge >= 0.3 is 0 Å². The fourth-order valence-electron chi connectivity index (χ4n) is 2.58. The highest BCUT2D eigenvalue weighted by Gasteiger charge is 2.32. The first-order valence-corrected chi connectivity index (χ1v) is 8.64. The Morgan fingerprint density at radius 2 is 2.05 bits per heavy atom. The van der Waals surface area contributed by atoms with Crippen LogP contribution in [0.15, 0.2) is 34.2 Å². The van der Waals surface area contributed by atoms with Gasteiger partial charge in [0, 0.05) is 12.6 Å². The van der Waals surface area contributed by atoms with E-state index in [1.165, 1.54) is 0 Å². The summed E-state index contributed by atoms with van der Waals surface area (Å²) in [5.74, 6) is 0. The van der Waals surface area contributed by atoms with Gasteiger partial charge in [-0.2, -0.15) is 9.30 Å². The average molecular weight is 310 g/mol. The Labute approximate surface area is 125 Å². The number of aliphatic imine (C=N–C) groups is 1. The molecule has 6 heteroatoms. The third-order valence-electron chi connectivity index (χ3n) is 3.66. The predicted molar refractivity (Wildman–Crippen MR) is 82.9 cm³/mol. The summed E-state index contributed by atoms with van der Waals surface area (Å²) in [5, 5.41) is 2.27. The van der Waals surface area contributed by atoms with E-state index in [0.29, 0.717) is 17.1 Å². The fourth-order valence-corrected chi connectivity index (χ4v) is 4.45. The second kappa shape index (κ2) is 6.59. The largest absolute Gasteiger partial charge is 0.243 e. The first-order chi connectivity index (χ1) is 9.59. The van der Waals surface area contributed by atoms with Crippen molar-refractivity contribution in [3.8, 4) is 0 Å². The van der Waals surface area contributed by atoms with Crippen LogP contribution in [0.4, 0.5) is 5.69 Å². The first kappa shape index (κ1) is 15.3. The maximum Gasteiger partial charge on any atom is 0.243 e. The third-order valence-corrected chi connectivity index (χ3v) is 5.72. The molecule has 0 radical (unpaired) electrons. The van der Waals surface area contributed by atoms with Crippen molar-refractivity contribution >= 4 is 33.1 Å². The Morgan fingerprint density at radius 1 is 1.35 bits per heavy atom. The van der Waals surface area contributed by atoms with E-state index in [4.69, 9.17) is 0 Å². The van der Waals surface area contributed by atoms with Gasteiger partial charge in [-0.25, -0.2) is 8.42 Å². The number of benzene rings is 1. The van der Waals surface area contributed by atoms with Crippen molar-refractivity contribution in [3.63, 3.8) is 0 Å². The van der Waals surface area contributed by atoms with Gasteiger partial charge < -0.3 is 0 Å². The zero-order valence-electron chi connectivity index (χ0n) is 11.4. The quantitative estimate of drug-likeness (QED) is 0.633. The van der Waals surface area contributed by atoms with Gasteiger partial charge in [0.05, 0.1) is 15.7 Å². The molecular formula is C14H18N2O2S2. The lowest BCUT2D eigenvalue weighted by atomic mass is 10.0. The molecule has 0 aliphatic carbocycles. The van der Waals surface area contributed by atoms with Gasteiger partial charge in [0.15, 0.2) is 0 Å². The van der Waals surface area contributed by atoms with Crippen molar-refractivity contribution in [1.29, 1.82) is 0 Å². The molecular weight excluding hydrogens is 292 g/mol. The number of sulfonamides is 1. The summed E-state index contributed by atoms with van der Waals surface area (Å²) in [4.78, 5) is 4.15. The number of rotatable bonds is 4. The lowest BCUT2D eigenvalue weighted by molar-refractivity contribution is 0.246. The molecule has 0 spiro atoms. The van der Waals surface area contributed by atoms with Crippen LogP contribution in [-0.2, 0) is 10.0 Å². The third kappa shape index (κ3) is 3.15. The molecule has 1 saturated heterocycles. The first-order valence-electron chi connectivity index (χ1n) is 6.79. The summed E-state index contributed by atoms with van der Waals surface area (Å²) < 4.78 is 27.0. The maximum absolute atomic E-state index is 12.7. The Bertz CT molecular complexity index is 605. The zero-order chi connectivity index (χ0) is 14.6. The van der Waals surface area contributed by atoms with E-state index in [1.54, 1.807) is 28.6 Å². The molecule has 1 atom stereocenters. The van der Waals surface area contributed by atoms with E-state index in [9.17, 15) is 8.42 Å². The van der Waals surface area contributed by atoms with Crippen molar-refractivity contribution in [3.05, 3.63) is 24.3 Å². The minimum Gasteiger partial charge on any atom is -0.207 e. The number of hydrogen-bond acceptors (Lipinski definition) is 4. The van der Waals surface area contributed by atoms with Crippen LogP contribution in [0.1, 0.15) is 32.6 Å². The molecule has 1 unspecified atom stereocenters. The topological polar surface area (TPSA) is 49.7 Å². The van der Waals surface area contributed by atoms with Gasteiger partial charge in [-0.3, -0.25) is 0 Å². The van der Waals surface area contributed by atoms with E-state index in [2.05, 4.69) is 22.4 Å². The van der Waals surface area contributed by atoms with Crippen LogP contribution in [-0.4, -0.2) is 30.5 Å². The molecule has 0 bridgehead atoms. The summed E-state index contributed by atoms with van der Waals surface area (Å²) >= 11 is 4.53. The summed E-state index contributed by atoms with van der Waals surface area (Å²) in [6.07, 6.45) is 3.84. The molecule has 0 amide bonds. The normalized spacial score (nSPS) is 20.4. The molecule has 2 rings (SSSR count).